The van der Waals surface area contributed by atoms with Gasteiger partial charge in [-0.2, -0.15) is 0 Å². The molecule has 4 nitrogen and oxygen atoms in total. The second kappa shape index (κ2) is 8.83. The van der Waals surface area contributed by atoms with Crippen molar-refractivity contribution >= 4 is 22.1 Å². The molecule has 0 heterocycles. The Kier molecular flexibility index (Phi) is 5.56. The van der Waals surface area contributed by atoms with Gasteiger partial charge in [-0.05, 0) is 40.1 Å². The topological polar surface area (TPSA) is 70.5 Å². The quantitative estimate of drug-likeness (QED) is 0.285. The molecule has 0 radical (unpaired) electrons. The van der Waals surface area contributed by atoms with Gasteiger partial charge in [0.1, 0.15) is 11.5 Å². The first-order chi connectivity index (χ1) is 16.6. The summed E-state index contributed by atoms with van der Waals surface area (Å²) in [6.45, 7) is 0. The van der Waals surface area contributed by atoms with E-state index in [1.807, 2.05) is 72.8 Å². The van der Waals surface area contributed by atoms with Crippen LogP contribution in [0.3, 0.4) is 0 Å². The average Bonchev–Trinajstić information content (AvgIpc) is 2.88. The van der Waals surface area contributed by atoms with Crippen LogP contribution in [-0.4, -0.2) is 14.2 Å². The van der Waals surface area contributed by atoms with Crippen molar-refractivity contribution in [3.8, 4) is 44.9 Å². The van der Waals surface area contributed by atoms with Crippen molar-refractivity contribution in [1.29, 1.82) is 0 Å². The van der Waals surface area contributed by atoms with Gasteiger partial charge in [-0.3, -0.25) is 0 Å². The van der Waals surface area contributed by atoms with Gasteiger partial charge in [-0.15, -0.1) is 0 Å². The van der Waals surface area contributed by atoms with E-state index in [-0.39, 0.29) is 0 Å². The SMILES string of the molecule is COc1ccccc1-c1cc(N)c(-c2cccc3ccccc23)c(N)c1-c1ccccc1OC. The molecular formula is C30H26N2O2. The third-order valence-corrected chi connectivity index (χ3v) is 6.23. The number of hydrogen-bond donors (Lipinski definition) is 2. The Morgan fingerprint density at radius 2 is 1.09 bits per heavy atom. The van der Waals surface area contributed by atoms with Crippen LogP contribution in [0.4, 0.5) is 11.4 Å². The number of benzene rings is 5. The van der Waals surface area contributed by atoms with Crippen LogP contribution in [0.1, 0.15) is 0 Å². The number of hydrogen-bond acceptors (Lipinski definition) is 4. The predicted octanol–water partition coefficient (Wildman–Crippen LogP) is 7.02. The minimum absolute atomic E-state index is 0.599. The Morgan fingerprint density at radius 1 is 0.529 bits per heavy atom. The lowest BCUT2D eigenvalue weighted by molar-refractivity contribution is 0.416. The molecule has 0 amide bonds. The van der Waals surface area contributed by atoms with Crippen molar-refractivity contribution in [3.05, 3.63) is 97.1 Å². The Balaban J connectivity index is 1.91. The van der Waals surface area contributed by atoms with Crippen molar-refractivity contribution < 1.29 is 9.47 Å². The van der Waals surface area contributed by atoms with Crippen molar-refractivity contribution in [3.63, 3.8) is 0 Å². The molecule has 5 aromatic carbocycles. The number of fused-ring (bicyclic) bond motifs is 1. The second-order valence-electron chi connectivity index (χ2n) is 8.10. The zero-order chi connectivity index (χ0) is 23.7. The zero-order valence-electron chi connectivity index (χ0n) is 19.2. The summed E-state index contributed by atoms with van der Waals surface area (Å²) in [6, 6.07) is 32.2. The van der Waals surface area contributed by atoms with Gasteiger partial charge in [-0.25, -0.2) is 0 Å². The number of anilines is 2. The maximum absolute atomic E-state index is 7.02. The van der Waals surface area contributed by atoms with Crippen LogP contribution in [0.25, 0.3) is 44.2 Å². The lowest BCUT2D eigenvalue weighted by atomic mass is 9.86. The minimum Gasteiger partial charge on any atom is -0.496 e. The largest absolute Gasteiger partial charge is 0.496 e. The van der Waals surface area contributed by atoms with Crippen LogP contribution in [0, 0.1) is 0 Å². The Hall–Kier alpha value is -4.44. The van der Waals surface area contributed by atoms with Crippen molar-refractivity contribution in [2.24, 2.45) is 0 Å². The Bertz CT molecular complexity index is 1500. The highest BCUT2D eigenvalue weighted by Gasteiger charge is 2.23. The summed E-state index contributed by atoms with van der Waals surface area (Å²) in [5.74, 6) is 1.48. The molecule has 0 bridgehead atoms. The van der Waals surface area contributed by atoms with E-state index in [1.54, 1.807) is 14.2 Å². The van der Waals surface area contributed by atoms with E-state index in [1.165, 1.54) is 0 Å². The average molecular weight is 447 g/mol. The summed E-state index contributed by atoms with van der Waals surface area (Å²) < 4.78 is 11.4. The first-order valence-electron chi connectivity index (χ1n) is 11.1. The molecule has 0 aliphatic rings. The number of nitrogen functional groups attached to an aromatic ring is 2. The fraction of sp³-hybridized carbons (Fsp3) is 0.0667. The smallest absolute Gasteiger partial charge is 0.126 e. The second-order valence-corrected chi connectivity index (χ2v) is 8.10. The summed E-state index contributed by atoms with van der Waals surface area (Å²) in [5.41, 5.74) is 20.3. The lowest BCUT2D eigenvalue weighted by Crippen LogP contribution is -2.03. The third kappa shape index (κ3) is 3.50. The molecule has 0 aromatic heterocycles. The van der Waals surface area contributed by atoms with Gasteiger partial charge < -0.3 is 20.9 Å². The van der Waals surface area contributed by atoms with Gasteiger partial charge in [0.25, 0.3) is 0 Å². The molecule has 168 valence electrons. The van der Waals surface area contributed by atoms with Crippen molar-refractivity contribution in [2.45, 2.75) is 0 Å². The summed E-state index contributed by atoms with van der Waals surface area (Å²) in [5, 5.41) is 2.23. The van der Waals surface area contributed by atoms with Crippen LogP contribution in [0.2, 0.25) is 0 Å². The minimum atomic E-state index is 0.599. The zero-order valence-corrected chi connectivity index (χ0v) is 19.2. The molecule has 0 unspecified atom stereocenters. The summed E-state index contributed by atoms with van der Waals surface area (Å²) in [6.07, 6.45) is 0. The van der Waals surface area contributed by atoms with E-state index in [0.717, 1.165) is 55.7 Å². The standard InChI is InChI=1S/C30H26N2O2/c1-33-26-16-7-5-13-21(26)24-18-25(31)29(22-15-9-11-19-10-3-4-12-20(19)22)30(32)28(24)23-14-6-8-17-27(23)34-2/h3-18H,31-32H2,1-2H3. The molecule has 5 rings (SSSR count). The highest BCUT2D eigenvalue weighted by molar-refractivity contribution is 6.09. The number of para-hydroxylation sites is 2. The monoisotopic (exact) mass is 446 g/mol. The van der Waals surface area contributed by atoms with Crippen LogP contribution < -0.4 is 20.9 Å². The lowest BCUT2D eigenvalue weighted by Gasteiger charge is -2.22. The van der Waals surface area contributed by atoms with E-state index in [2.05, 4.69) is 24.3 Å². The normalized spacial score (nSPS) is 10.9. The highest BCUT2D eigenvalue weighted by atomic mass is 16.5. The molecular weight excluding hydrogens is 420 g/mol. The maximum atomic E-state index is 7.02. The van der Waals surface area contributed by atoms with Crippen molar-refractivity contribution in [1.82, 2.24) is 0 Å². The van der Waals surface area contributed by atoms with Crippen LogP contribution in [0.15, 0.2) is 97.1 Å². The molecule has 0 fully saturated rings. The number of nitrogens with two attached hydrogens (primary N) is 2. The molecule has 0 aliphatic carbocycles. The first kappa shape index (κ1) is 21.4. The fourth-order valence-electron chi connectivity index (χ4n) is 4.69. The Labute approximate surface area is 199 Å². The summed E-state index contributed by atoms with van der Waals surface area (Å²) >= 11 is 0. The molecule has 0 saturated carbocycles. The van der Waals surface area contributed by atoms with Gasteiger partial charge in [0.2, 0.25) is 0 Å². The predicted molar refractivity (Wildman–Crippen MR) is 142 cm³/mol. The third-order valence-electron chi connectivity index (χ3n) is 6.23. The maximum Gasteiger partial charge on any atom is 0.126 e. The first-order valence-corrected chi connectivity index (χ1v) is 11.1. The van der Waals surface area contributed by atoms with E-state index >= 15 is 0 Å². The molecule has 0 spiro atoms. The molecule has 4 heteroatoms. The fourth-order valence-corrected chi connectivity index (χ4v) is 4.69. The van der Waals surface area contributed by atoms with Gasteiger partial charge >= 0.3 is 0 Å². The van der Waals surface area contributed by atoms with Gasteiger partial charge in [0.15, 0.2) is 0 Å². The van der Waals surface area contributed by atoms with Crippen LogP contribution >= 0.6 is 0 Å². The Morgan fingerprint density at radius 3 is 1.82 bits per heavy atom. The van der Waals surface area contributed by atoms with Crippen molar-refractivity contribution in [2.75, 3.05) is 25.7 Å². The molecule has 4 N–H and O–H groups in total. The number of ether oxygens (including phenoxy) is 2. The number of rotatable bonds is 5. The number of methoxy groups -OCH3 is 2. The van der Waals surface area contributed by atoms with E-state index in [0.29, 0.717) is 11.4 Å². The summed E-state index contributed by atoms with van der Waals surface area (Å²) in [4.78, 5) is 0. The molecule has 5 aromatic rings. The molecule has 34 heavy (non-hydrogen) atoms. The van der Waals surface area contributed by atoms with E-state index < -0.39 is 0 Å². The van der Waals surface area contributed by atoms with Crippen LogP contribution in [-0.2, 0) is 0 Å². The molecule has 0 atom stereocenters. The summed E-state index contributed by atoms with van der Waals surface area (Å²) in [7, 11) is 3.33. The molecule has 0 saturated heterocycles. The highest BCUT2D eigenvalue weighted by Crippen LogP contribution is 2.50. The van der Waals surface area contributed by atoms with Gasteiger partial charge in [0.05, 0.1) is 19.9 Å². The molecule has 0 aliphatic heterocycles. The van der Waals surface area contributed by atoms with E-state index in [9.17, 15) is 0 Å². The van der Waals surface area contributed by atoms with Gasteiger partial charge in [-0.1, -0.05) is 78.9 Å². The van der Waals surface area contributed by atoms with E-state index in [4.69, 9.17) is 20.9 Å². The van der Waals surface area contributed by atoms with Crippen LogP contribution in [0.5, 0.6) is 11.5 Å². The van der Waals surface area contributed by atoms with Gasteiger partial charge in [0, 0.05) is 27.9 Å².